The van der Waals surface area contributed by atoms with E-state index in [4.69, 9.17) is 14.2 Å². The van der Waals surface area contributed by atoms with Crippen LogP contribution in [0.4, 0.5) is 4.79 Å². The number of alkyl carbamates (subject to hydrolysis) is 1. The number of ether oxygens (including phenoxy) is 3. The van der Waals surface area contributed by atoms with Crippen molar-refractivity contribution in [3.05, 3.63) is 35.4 Å². The Kier molecular flexibility index (Phi) is 11.8. The first-order valence-electron chi connectivity index (χ1n) is 11.4. The molecule has 0 saturated carbocycles. The molecule has 1 amide bonds. The fourth-order valence-electron chi connectivity index (χ4n) is 3.23. The quantitative estimate of drug-likeness (QED) is 0.406. The fourth-order valence-corrected chi connectivity index (χ4v) is 3.23. The number of carbonyl (C=O) groups excluding carboxylic acids is 1. The lowest BCUT2D eigenvalue weighted by molar-refractivity contribution is -0.142. The van der Waals surface area contributed by atoms with Gasteiger partial charge in [-0.1, -0.05) is 43.7 Å². The molecule has 188 valence electrons. The summed E-state index contributed by atoms with van der Waals surface area (Å²) in [5, 5.41) is 22.2. The average molecular weight is 468 g/mol. The van der Waals surface area contributed by atoms with E-state index in [0.29, 0.717) is 18.9 Å². The van der Waals surface area contributed by atoms with E-state index in [1.165, 1.54) is 0 Å². The van der Waals surface area contributed by atoms with E-state index >= 15 is 0 Å². The van der Waals surface area contributed by atoms with Crippen molar-refractivity contribution < 1.29 is 34.0 Å². The predicted octanol–water partition coefficient (Wildman–Crippen LogP) is 3.57. The predicted molar refractivity (Wildman–Crippen MR) is 126 cm³/mol. The van der Waals surface area contributed by atoms with Crippen molar-refractivity contribution in [1.29, 1.82) is 0 Å². The summed E-state index contributed by atoms with van der Waals surface area (Å²) in [6, 6.07) is 6.82. The zero-order valence-corrected chi connectivity index (χ0v) is 21.0. The minimum absolute atomic E-state index is 0.154. The highest BCUT2D eigenvalue weighted by molar-refractivity contribution is 5.80. The van der Waals surface area contributed by atoms with Gasteiger partial charge in [0.25, 0.3) is 0 Å². The number of benzene rings is 1. The highest BCUT2D eigenvalue weighted by Gasteiger charge is 2.29. The molecule has 8 nitrogen and oxygen atoms in total. The highest BCUT2D eigenvalue weighted by atomic mass is 16.6. The number of carboxylic acid groups (broad SMARTS) is 1. The maximum atomic E-state index is 12.0. The topological polar surface area (TPSA) is 114 Å². The van der Waals surface area contributed by atoms with Crippen LogP contribution in [0.5, 0.6) is 0 Å². The lowest BCUT2D eigenvalue weighted by atomic mass is 9.91. The summed E-state index contributed by atoms with van der Waals surface area (Å²) in [5.41, 5.74) is 1.47. The van der Waals surface area contributed by atoms with Gasteiger partial charge in [-0.15, -0.1) is 0 Å². The van der Waals surface area contributed by atoms with Crippen molar-refractivity contribution >= 4 is 12.1 Å². The number of amides is 1. The Bertz CT molecular complexity index is 725. The first-order chi connectivity index (χ1) is 15.3. The number of hydrogen-bond donors (Lipinski definition) is 3. The minimum Gasteiger partial charge on any atom is -0.480 e. The van der Waals surface area contributed by atoms with Gasteiger partial charge < -0.3 is 29.7 Å². The van der Waals surface area contributed by atoms with Crippen molar-refractivity contribution in [2.75, 3.05) is 19.8 Å². The number of aliphatic hydroxyl groups is 1. The lowest BCUT2D eigenvalue weighted by Gasteiger charge is -2.31. The zero-order valence-electron chi connectivity index (χ0n) is 21.0. The third kappa shape index (κ3) is 12.0. The largest absolute Gasteiger partial charge is 0.480 e. The van der Waals surface area contributed by atoms with E-state index in [9.17, 15) is 19.8 Å². The molecule has 0 aromatic heterocycles. The molecule has 1 rings (SSSR count). The molecule has 8 heteroatoms. The van der Waals surface area contributed by atoms with Gasteiger partial charge in [-0.3, -0.25) is 0 Å². The summed E-state index contributed by atoms with van der Waals surface area (Å²) in [7, 11) is 0. The van der Waals surface area contributed by atoms with Crippen LogP contribution in [-0.4, -0.2) is 65.9 Å². The number of carboxylic acids is 1. The van der Waals surface area contributed by atoms with Crippen LogP contribution in [0, 0.1) is 18.8 Å². The molecule has 4 atom stereocenters. The van der Waals surface area contributed by atoms with Crippen LogP contribution in [0.25, 0.3) is 0 Å². The number of aliphatic hydroxyl groups excluding tert-OH is 1. The Labute approximate surface area is 197 Å². The highest BCUT2D eigenvalue weighted by Crippen LogP contribution is 2.20. The van der Waals surface area contributed by atoms with Crippen molar-refractivity contribution in [3.63, 3.8) is 0 Å². The van der Waals surface area contributed by atoms with Crippen LogP contribution in [0.1, 0.15) is 52.7 Å². The molecule has 0 aliphatic carbocycles. The van der Waals surface area contributed by atoms with Crippen molar-refractivity contribution in [2.45, 2.75) is 78.7 Å². The Morgan fingerprint density at radius 3 is 2.12 bits per heavy atom. The fraction of sp³-hybridized carbons (Fsp3) is 0.680. The number of rotatable bonds is 13. The van der Waals surface area contributed by atoms with Gasteiger partial charge in [0.1, 0.15) is 5.60 Å². The summed E-state index contributed by atoms with van der Waals surface area (Å²) in [6.45, 7) is 13.2. The second-order valence-corrected chi connectivity index (χ2v) is 9.96. The van der Waals surface area contributed by atoms with Gasteiger partial charge in [0.05, 0.1) is 25.4 Å². The number of hydrogen-bond acceptors (Lipinski definition) is 6. The summed E-state index contributed by atoms with van der Waals surface area (Å²) < 4.78 is 16.9. The van der Waals surface area contributed by atoms with E-state index < -0.39 is 35.9 Å². The molecule has 0 bridgehead atoms. The number of aliphatic carboxylic acids is 1. The first-order valence-corrected chi connectivity index (χ1v) is 11.4. The van der Waals surface area contributed by atoms with Gasteiger partial charge in [0.2, 0.25) is 0 Å². The van der Waals surface area contributed by atoms with E-state index in [1.54, 1.807) is 27.7 Å². The molecule has 0 radical (unpaired) electrons. The van der Waals surface area contributed by atoms with Crippen LogP contribution < -0.4 is 5.32 Å². The van der Waals surface area contributed by atoms with Crippen LogP contribution in [0.15, 0.2) is 24.3 Å². The molecule has 33 heavy (non-hydrogen) atoms. The van der Waals surface area contributed by atoms with E-state index in [0.717, 1.165) is 11.1 Å². The second kappa shape index (κ2) is 13.5. The maximum absolute atomic E-state index is 12.0. The van der Waals surface area contributed by atoms with Gasteiger partial charge in [-0.25, -0.2) is 9.59 Å². The molecule has 4 unspecified atom stereocenters. The molecule has 0 aliphatic heterocycles. The summed E-state index contributed by atoms with van der Waals surface area (Å²) in [5.74, 6) is -1.15. The summed E-state index contributed by atoms with van der Waals surface area (Å²) >= 11 is 0. The molecular weight excluding hydrogens is 426 g/mol. The standard InChI is InChI=1S/C25H41NO7/c1-16(2)13-32-22(18(4)27)20(12-19-10-8-17(3)9-11-19)14-31-15-21(23(28)29)26-24(30)33-25(5,6)7/h8-11,16,18,20-22,27H,12-15H2,1-7H3,(H,26,30)(H,28,29). The molecular formula is C25H41NO7. The van der Waals surface area contributed by atoms with Gasteiger partial charge in [-0.2, -0.15) is 0 Å². The zero-order chi connectivity index (χ0) is 25.2. The van der Waals surface area contributed by atoms with Gasteiger partial charge in [-0.05, 0) is 52.5 Å². The Hall–Kier alpha value is -2.16. The normalized spacial score (nSPS) is 15.5. The third-order valence-electron chi connectivity index (χ3n) is 4.79. The van der Waals surface area contributed by atoms with Gasteiger partial charge in [0, 0.05) is 12.5 Å². The second-order valence-electron chi connectivity index (χ2n) is 9.96. The van der Waals surface area contributed by atoms with Gasteiger partial charge >= 0.3 is 12.1 Å². The summed E-state index contributed by atoms with van der Waals surface area (Å²) in [6.07, 6.45) is -1.46. The van der Waals surface area contributed by atoms with E-state index in [1.807, 2.05) is 45.0 Å². The van der Waals surface area contributed by atoms with Crippen LogP contribution in [0.2, 0.25) is 0 Å². The molecule has 3 N–H and O–H groups in total. The smallest absolute Gasteiger partial charge is 0.408 e. The molecule has 0 fully saturated rings. The van der Waals surface area contributed by atoms with Crippen molar-refractivity contribution in [1.82, 2.24) is 5.32 Å². The van der Waals surface area contributed by atoms with Crippen LogP contribution in [-0.2, 0) is 25.4 Å². The van der Waals surface area contributed by atoms with Crippen LogP contribution in [0.3, 0.4) is 0 Å². The molecule has 0 spiro atoms. The SMILES string of the molecule is Cc1ccc(CC(COCC(NC(=O)OC(C)(C)C)C(=O)O)C(OCC(C)C)C(C)O)cc1. The van der Waals surface area contributed by atoms with E-state index in [-0.39, 0.29) is 19.1 Å². The van der Waals surface area contributed by atoms with E-state index in [2.05, 4.69) is 5.32 Å². The molecule has 0 aliphatic rings. The molecule has 0 saturated heterocycles. The van der Waals surface area contributed by atoms with Crippen molar-refractivity contribution in [2.24, 2.45) is 11.8 Å². The first kappa shape index (κ1) is 28.9. The number of carbonyl (C=O) groups is 2. The number of nitrogens with one attached hydrogen (secondary N) is 1. The molecule has 0 heterocycles. The molecule has 1 aromatic carbocycles. The average Bonchev–Trinajstić information content (AvgIpc) is 2.66. The third-order valence-corrected chi connectivity index (χ3v) is 4.79. The Morgan fingerprint density at radius 1 is 1.03 bits per heavy atom. The van der Waals surface area contributed by atoms with Crippen molar-refractivity contribution in [3.8, 4) is 0 Å². The van der Waals surface area contributed by atoms with Crippen LogP contribution >= 0.6 is 0 Å². The monoisotopic (exact) mass is 467 g/mol. The Balaban J connectivity index is 2.88. The Morgan fingerprint density at radius 2 is 1.64 bits per heavy atom. The minimum atomic E-state index is -1.26. The van der Waals surface area contributed by atoms with Gasteiger partial charge in [0.15, 0.2) is 6.04 Å². The lowest BCUT2D eigenvalue weighted by Crippen LogP contribution is -2.46. The molecule has 1 aromatic rings. The maximum Gasteiger partial charge on any atom is 0.408 e. The summed E-state index contributed by atoms with van der Waals surface area (Å²) in [4.78, 5) is 23.6. The number of aryl methyl sites for hydroxylation is 1.